The molecular formula is C16H28N4. The molecular weight excluding hydrogens is 248 g/mol. The fourth-order valence-electron chi connectivity index (χ4n) is 3.03. The monoisotopic (exact) mass is 276 g/mol. The van der Waals surface area contributed by atoms with Crippen LogP contribution in [0.4, 0.5) is 11.6 Å². The van der Waals surface area contributed by atoms with Gasteiger partial charge in [-0.3, -0.25) is 0 Å². The topological polar surface area (TPSA) is 49.8 Å². The van der Waals surface area contributed by atoms with Crippen molar-refractivity contribution < 1.29 is 0 Å². The molecule has 20 heavy (non-hydrogen) atoms. The summed E-state index contributed by atoms with van der Waals surface area (Å²) >= 11 is 0. The molecule has 4 nitrogen and oxygen atoms in total. The summed E-state index contributed by atoms with van der Waals surface area (Å²) in [4.78, 5) is 8.51. The average Bonchev–Trinajstić information content (AvgIpc) is 2.46. The van der Waals surface area contributed by atoms with Gasteiger partial charge in [-0.05, 0) is 31.1 Å². The van der Waals surface area contributed by atoms with Crippen molar-refractivity contribution in [3.63, 3.8) is 0 Å². The van der Waals surface area contributed by atoms with Crippen LogP contribution in [-0.4, -0.2) is 23.1 Å². The predicted molar refractivity (Wildman–Crippen MR) is 85.0 cm³/mol. The summed E-state index contributed by atoms with van der Waals surface area (Å²) in [6.45, 7) is 6.51. The fraction of sp³-hybridized carbons (Fsp3) is 0.750. The Bertz CT molecular complexity index is 394. The minimum Gasteiger partial charge on any atom is -0.370 e. The van der Waals surface area contributed by atoms with Crippen molar-refractivity contribution in [1.82, 2.24) is 9.97 Å². The number of rotatable bonds is 7. The molecule has 0 amide bonds. The van der Waals surface area contributed by atoms with Crippen LogP contribution in [0.5, 0.6) is 0 Å². The van der Waals surface area contributed by atoms with E-state index in [1.165, 1.54) is 32.1 Å². The number of anilines is 2. The molecule has 1 heterocycles. The second-order valence-corrected chi connectivity index (χ2v) is 6.07. The van der Waals surface area contributed by atoms with Gasteiger partial charge in [0.05, 0.1) is 0 Å². The minimum absolute atomic E-state index is 0.894. The van der Waals surface area contributed by atoms with Crippen molar-refractivity contribution in [1.29, 1.82) is 0 Å². The van der Waals surface area contributed by atoms with Gasteiger partial charge in [0.1, 0.15) is 18.0 Å². The second kappa shape index (κ2) is 8.08. The molecule has 0 aliphatic heterocycles. The van der Waals surface area contributed by atoms with Crippen LogP contribution in [0, 0.1) is 11.8 Å². The normalized spacial score (nSPS) is 22.5. The Morgan fingerprint density at radius 2 is 1.90 bits per heavy atom. The van der Waals surface area contributed by atoms with Crippen LogP contribution in [0.3, 0.4) is 0 Å². The molecule has 2 atom stereocenters. The van der Waals surface area contributed by atoms with E-state index in [1.807, 2.05) is 6.07 Å². The molecule has 1 aliphatic carbocycles. The maximum atomic E-state index is 4.28. The summed E-state index contributed by atoms with van der Waals surface area (Å²) < 4.78 is 0. The molecule has 112 valence electrons. The van der Waals surface area contributed by atoms with Crippen LogP contribution < -0.4 is 10.6 Å². The summed E-state index contributed by atoms with van der Waals surface area (Å²) in [6, 6.07) is 2.00. The molecule has 0 saturated heterocycles. The molecule has 2 N–H and O–H groups in total. The van der Waals surface area contributed by atoms with Gasteiger partial charge in [0.15, 0.2) is 0 Å². The molecule has 2 unspecified atom stereocenters. The Morgan fingerprint density at radius 1 is 1.15 bits per heavy atom. The Morgan fingerprint density at radius 3 is 2.60 bits per heavy atom. The van der Waals surface area contributed by atoms with Crippen molar-refractivity contribution in [2.24, 2.45) is 11.8 Å². The molecule has 1 fully saturated rings. The standard InChI is InChI=1S/C16H28N4/c1-3-8-17-15-11-16(20-12-19-15)18-9-7-14-6-4-5-13(2)10-14/h11-14H,3-10H2,1-2H3,(H2,17,18,19,20). The lowest BCUT2D eigenvalue weighted by Gasteiger charge is -2.26. The van der Waals surface area contributed by atoms with Gasteiger partial charge in [0.25, 0.3) is 0 Å². The molecule has 1 aromatic rings. The first-order chi connectivity index (χ1) is 9.78. The minimum atomic E-state index is 0.894. The van der Waals surface area contributed by atoms with Crippen LogP contribution in [0.1, 0.15) is 52.4 Å². The lowest BCUT2D eigenvalue weighted by molar-refractivity contribution is 0.274. The largest absolute Gasteiger partial charge is 0.370 e. The maximum absolute atomic E-state index is 4.28. The van der Waals surface area contributed by atoms with E-state index in [4.69, 9.17) is 0 Å². The van der Waals surface area contributed by atoms with Gasteiger partial charge in [-0.1, -0.05) is 33.1 Å². The van der Waals surface area contributed by atoms with Gasteiger partial charge < -0.3 is 10.6 Å². The SMILES string of the molecule is CCCNc1cc(NCCC2CCCC(C)C2)ncn1. The van der Waals surface area contributed by atoms with Crippen molar-refractivity contribution in [2.75, 3.05) is 23.7 Å². The fourth-order valence-corrected chi connectivity index (χ4v) is 3.03. The van der Waals surface area contributed by atoms with Crippen LogP contribution in [0.25, 0.3) is 0 Å². The lowest BCUT2D eigenvalue weighted by Crippen LogP contribution is -2.17. The molecule has 0 spiro atoms. The Hall–Kier alpha value is -1.32. The third-order valence-electron chi connectivity index (χ3n) is 4.13. The summed E-state index contributed by atoms with van der Waals surface area (Å²) in [5.74, 6) is 3.65. The van der Waals surface area contributed by atoms with Gasteiger partial charge in [-0.25, -0.2) is 9.97 Å². The predicted octanol–water partition coefficient (Wildman–Crippen LogP) is 3.93. The molecule has 0 aromatic carbocycles. The average molecular weight is 276 g/mol. The van der Waals surface area contributed by atoms with Gasteiger partial charge in [0, 0.05) is 19.2 Å². The molecule has 0 bridgehead atoms. The van der Waals surface area contributed by atoms with Crippen molar-refractivity contribution in [3.8, 4) is 0 Å². The highest BCUT2D eigenvalue weighted by atomic mass is 15.1. The van der Waals surface area contributed by atoms with Crippen molar-refractivity contribution in [3.05, 3.63) is 12.4 Å². The Labute approximate surface area is 122 Å². The van der Waals surface area contributed by atoms with Gasteiger partial charge in [0.2, 0.25) is 0 Å². The first kappa shape index (κ1) is 15.1. The zero-order valence-electron chi connectivity index (χ0n) is 12.9. The van der Waals surface area contributed by atoms with Gasteiger partial charge >= 0.3 is 0 Å². The van der Waals surface area contributed by atoms with Crippen LogP contribution in [0.15, 0.2) is 12.4 Å². The number of hydrogen-bond donors (Lipinski definition) is 2. The number of nitrogens with one attached hydrogen (secondary N) is 2. The highest BCUT2D eigenvalue weighted by molar-refractivity contribution is 5.46. The lowest BCUT2D eigenvalue weighted by atomic mass is 9.81. The van der Waals surface area contributed by atoms with Crippen molar-refractivity contribution in [2.45, 2.75) is 52.4 Å². The Kier molecular flexibility index (Phi) is 6.09. The number of hydrogen-bond acceptors (Lipinski definition) is 4. The van der Waals surface area contributed by atoms with Gasteiger partial charge in [-0.2, -0.15) is 0 Å². The third-order valence-corrected chi connectivity index (χ3v) is 4.13. The van der Waals surface area contributed by atoms with E-state index in [1.54, 1.807) is 6.33 Å². The third kappa shape index (κ3) is 4.99. The molecule has 4 heteroatoms. The zero-order valence-corrected chi connectivity index (χ0v) is 12.9. The maximum Gasteiger partial charge on any atom is 0.131 e. The highest BCUT2D eigenvalue weighted by Gasteiger charge is 2.18. The molecule has 2 rings (SSSR count). The summed E-state index contributed by atoms with van der Waals surface area (Å²) in [7, 11) is 0. The molecule has 0 radical (unpaired) electrons. The van der Waals surface area contributed by atoms with Gasteiger partial charge in [-0.15, -0.1) is 0 Å². The highest BCUT2D eigenvalue weighted by Crippen LogP contribution is 2.30. The van der Waals surface area contributed by atoms with E-state index >= 15 is 0 Å². The number of aromatic nitrogens is 2. The van der Waals surface area contributed by atoms with Crippen LogP contribution >= 0.6 is 0 Å². The second-order valence-electron chi connectivity index (χ2n) is 6.07. The number of nitrogens with zero attached hydrogens (tertiary/aromatic N) is 2. The quantitative estimate of drug-likeness (QED) is 0.792. The van der Waals surface area contributed by atoms with E-state index < -0.39 is 0 Å². The summed E-state index contributed by atoms with van der Waals surface area (Å²) in [6.07, 6.45) is 9.61. The van der Waals surface area contributed by atoms with Crippen LogP contribution in [-0.2, 0) is 0 Å². The Balaban J connectivity index is 1.73. The van der Waals surface area contributed by atoms with E-state index in [9.17, 15) is 0 Å². The van der Waals surface area contributed by atoms with E-state index in [0.29, 0.717) is 0 Å². The molecule has 1 aromatic heterocycles. The van der Waals surface area contributed by atoms with E-state index in [0.717, 1.165) is 43.0 Å². The van der Waals surface area contributed by atoms with Crippen molar-refractivity contribution >= 4 is 11.6 Å². The first-order valence-electron chi connectivity index (χ1n) is 8.07. The van der Waals surface area contributed by atoms with Crippen LogP contribution in [0.2, 0.25) is 0 Å². The van der Waals surface area contributed by atoms with E-state index in [-0.39, 0.29) is 0 Å². The molecule has 1 saturated carbocycles. The summed E-state index contributed by atoms with van der Waals surface area (Å²) in [5, 5.41) is 6.72. The molecule has 1 aliphatic rings. The summed E-state index contributed by atoms with van der Waals surface area (Å²) in [5.41, 5.74) is 0. The zero-order chi connectivity index (χ0) is 14.2. The van der Waals surface area contributed by atoms with E-state index in [2.05, 4.69) is 34.4 Å². The smallest absolute Gasteiger partial charge is 0.131 e. The first-order valence-corrected chi connectivity index (χ1v) is 8.07.